The molecule has 0 aliphatic carbocycles. The standard InChI is InChI=1S/C42H27NO2Si/c1-2-12-28(13-3-1)43(29-22-24-32-31-14-4-6-16-35(31)44-38(32)26-29)30-23-25-34-33-15-5-9-19-39(33)46(42(34)27-30)40-20-10-7-17-36(40)45-37-18-8-11-21-41(37)46/h1-27H. The van der Waals surface area contributed by atoms with Crippen molar-refractivity contribution in [1.82, 2.24) is 0 Å². The van der Waals surface area contributed by atoms with E-state index in [2.05, 4.69) is 157 Å². The first-order valence-corrected chi connectivity index (χ1v) is 17.7. The van der Waals surface area contributed by atoms with Gasteiger partial charge in [0.25, 0.3) is 0 Å². The fourth-order valence-electron chi connectivity index (χ4n) is 7.86. The Morgan fingerprint density at radius 3 is 1.78 bits per heavy atom. The molecule has 7 aromatic carbocycles. The molecule has 0 N–H and O–H groups in total. The van der Waals surface area contributed by atoms with Crippen LogP contribution < -0.4 is 30.4 Å². The van der Waals surface area contributed by atoms with Gasteiger partial charge in [0.1, 0.15) is 22.7 Å². The lowest BCUT2D eigenvalue weighted by atomic mass is 10.0. The fourth-order valence-corrected chi connectivity index (χ4v) is 13.3. The van der Waals surface area contributed by atoms with Crippen molar-refractivity contribution in [2.45, 2.75) is 0 Å². The highest BCUT2D eigenvalue weighted by Crippen LogP contribution is 2.41. The summed E-state index contributed by atoms with van der Waals surface area (Å²) in [7, 11) is -2.72. The van der Waals surface area contributed by atoms with Crippen LogP contribution in [0.2, 0.25) is 0 Å². The molecular weight excluding hydrogens is 579 g/mol. The van der Waals surface area contributed by atoms with Gasteiger partial charge < -0.3 is 14.1 Å². The second-order valence-electron chi connectivity index (χ2n) is 12.1. The van der Waals surface area contributed by atoms with E-state index in [9.17, 15) is 0 Å². The average molecular weight is 606 g/mol. The Bertz CT molecular complexity index is 2440. The SMILES string of the molecule is c1ccc(N(c2ccc3c(c2)[Si]2(c4ccccc4Oc4ccccc42)c2ccccc2-3)c2ccc3c(c2)oc2ccccc23)cc1. The number of hydrogen-bond acceptors (Lipinski definition) is 3. The van der Waals surface area contributed by atoms with Crippen molar-refractivity contribution in [2.24, 2.45) is 0 Å². The molecule has 2 aliphatic heterocycles. The maximum absolute atomic E-state index is 6.59. The van der Waals surface area contributed by atoms with Crippen LogP contribution in [0.5, 0.6) is 11.5 Å². The summed E-state index contributed by atoms with van der Waals surface area (Å²) < 4.78 is 13.0. The third kappa shape index (κ3) is 3.42. The zero-order valence-corrected chi connectivity index (χ0v) is 25.9. The fraction of sp³-hybridized carbons (Fsp3) is 0. The lowest BCUT2D eigenvalue weighted by Crippen LogP contribution is -2.74. The van der Waals surface area contributed by atoms with Gasteiger partial charge in [-0.25, -0.2) is 0 Å². The molecule has 0 saturated carbocycles. The number of furan rings is 1. The Labute approximate surface area is 267 Å². The van der Waals surface area contributed by atoms with Gasteiger partial charge in [-0.15, -0.1) is 0 Å². The van der Waals surface area contributed by atoms with Crippen LogP contribution in [0, 0.1) is 0 Å². The summed E-state index contributed by atoms with van der Waals surface area (Å²) in [5.41, 5.74) is 7.66. The summed E-state index contributed by atoms with van der Waals surface area (Å²) in [5.74, 6) is 1.91. The van der Waals surface area contributed by atoms with Crippen molar-refractivity contribution in [1.29, 1.82) is 0 Å². The first kappa shape index (κ1) is 25.5. The Morgan fingerprint density at radius 1 is 0.391 bits per heavy atom. The molecule has 1 spiro atoms. The normalized spacial score (nSPS) is 13.6. The van der Waals surface area contributed by atoms with Gasteiger partial charge >= 0.3 is 0 Å². The second-order valence-corrected chi connectivity index (χ2v) is 15.7. The molecule has 0 unspecified atom stereocenters. The minimum Gasteiger partial charge on any atom is -0.458 e. The van der Waals surface area contributed by atoms with Crippen LogP contribution in [-0.4, -0.2) is 8.07 Å². The molecular formula is C42H27NO2Si. The molecule has 2 aliphatic rings. The highest BCUT2D eigenvalue weighted by atomic mass is 28.3. The van der Waals surface area contributed by atoms with Gasteiger partial charge in [0.05, 0.1) is 0 Å². The van der Waals surface area contributed by atoms with Crippen molar-refractivity contribution < 1.29 is 9.15 Å². The number of benzene rings is 7. The molecule has 3 heterocycles. The topological polar surface area (TPSA) is 25.6 Å². The molecule has 0 bridgehead atoms. The van der Waals surface area contributed by atoms with Gasteiger partial charge in [-0.05, 0) is 86.5 Å². The minimum absolute atomic E-state index is 0.881. The molecule has 8 aromatic rings. The molecule has 0 atom stereocenters. The quantitative estimate of drug-likeness (QED) is 0.189. The maximum atomic E-state index is 6.59. The van der Waals surface area contributed by atoms with Gasteiger partial charge in [0, 0.05) is 33.9 Å². The van der Waals surface area contributed by atoms with Gasteiger partial charge in [0.15, 0.2) is 8.07 Å². The summed E-state index contributed by atoms with van der Waals surface area (Å²) in [4.78, 5) is 2.36. The van der Waals surface area contributed by atoms with Crippen molar-refractivity contribution in [2.75, 3.05) is 4.90 Å². The third-order valence-corrected chi connectivity index (χ3v) is 14.6. The number of fused-ring (bicyclic) bond motifs is 12. The lowest BCUT2D eigenvalue weighted by molar-refractivity contribution is 0.487. The third-order valence-electron chi connectivity index (χ3n) is 9.72. The highest BCUT2D eigenvalue weighted by molar-refractivity contribution is 7.23. The summed E-state index contributed by atoms with van der Waals surface area (Å²) in [6, 6.07) is 58.9. The summed E-state index contributed by atoms with van der Waals surface area (Å²) in [5, 5.41) is 7.66. The van der Waals surface area contributed by atoms with E-state index in [-0.39, 0.29) is 0 Å². The number of rotatable bonds is 3. The smallest absolute Gasteiger partial charge is 0.189 e. The zero-order valence-electron chi connectivity index (χ0n) is 24.9. The van der Waals surface area contributed by atoms with E-state index in [1.54, 1.807) is 0 Å². The number of anilines is 3. The summed E-state index contributed by atoms with van der Waals surface area (Å²) >= 11 is 0. The Balaban J connectivity index is 1.26. The number of ether oxygens (including phenoxy) is 1. The van der Waals surface area contributed by atoms with E-state index >= 15 is 0 Å². The van der Waals surface area contributed by atoms with Crippen molar-refractivity contribution in [3.63, 3.8) is 0 Å². The molecule has 46 heavy (non-hydrogen) atoms. The predicted octanol–water partition coefficient (Wildman–Crippen LogP) is 8.52. The maximum Gasteiger partial charge on any atom is 0.189 e. The molecule has 0 fully saturated rings. The van der Waals surface area contributed by atoms with E-state index in [0.29, 0.717) is 0 Å². The molecule has 0 radical (unpaired) electrons. The van der Waals surface area contributed by atoms with Gasteiger partial charge in [-0.2, -0.15) is 0 Å². The molecule has 1 aromatic heterocycles. The van der Waals surface area contributed by atoms with Crippen molar-refractivity contribution >= 4 is 67.8 Å². The second kappa shape index (κ2) is 9.58. The monoisotopic (exact) mass is 605 g/mol. The average Bonchev–Trinajstić information content (AvgIpc) is 3.62. The van der Waals surface area contributed by atoms with E-state index in [1.165, 1.54) is 31.9 Å². The number of nitrogens with zero attached hydrogens (tertiary/aromatic N) is 1. The summed E-state index contributed by atoms with van der Waals surface area (Å²) in [6.07, 6.45) is 0. The Kier molecular flexibility index (Phi) is 5.30. The van der Waals surface area contributed by atoms with Crippen molar-refractivity contribution in [3.05, 3.63) is 164 Å². The van der Waals surface area contributed by atoms with Crippen molar-refractivity contribution in [3.8, 4) is 22.6 Å². The van der Waals surface area contributed by atoms with Gasteiger partial charge in [-0.1, -0.05) is 103 Å². The molecule has 216 valence electrons. The molecule has 0 saturated heterocycles. The molecule has 10 rings (SSSR count). The van der Waals surface area contributed by atoms with Crippen LogP contribution in [0.1, 0.15) is 0 Å². The van der Waals surface area contributed by atoms with Crippen LogP contribution in [0.25, 0.3) is 33.1 Å². The van der Waals surface area contributed by atoms with E-state index in [0.717, 1.165) is 50.5 Å². The molecule has 4 heteroatoms. The van der Waals surface area contributed by atoms with Gasteiger partial charge in [0.2, 0.25) is 0 Å². The summed E-state index contributed by atoms with van der Waals surface area (Å²) in [6.45, 7) is 0. The van der Waals surface area contributed by atoms with E-state index in [1.807, 2.05) is 12.1 Å². The van der Waals surface area contributed by atoms with E-state index < -0.39 is 8.07 Å². The minimum atomic E-state index is -2.72. The van der Waals surface area contributed by atoms with Crippen LogP contribution in [0.3, 0.4) is 0 Å². The van der Waals surface area contributed by atoms with Crippen LogP contribution in [0.4, 0.5) is 17.1 Å². The molecule has 3 nitrogen and oxygen atoms in total. The predicted molar refractivity (Wildman–Crippen MR) is 191 cm³/mol. The van der Waals surface area contributed by atoms with Crippen LogP contribution in [0.15, 0.2) is 168 Å². The number of para-hydroxylation sites is 4. The Hall–Kier alpha value is -5.84. The first-order chi connectivity index (χ1) is 22.8. The van der Waals surface area contributed by atoms with Crippen LogP contribution >= 0.6 is 0 Å². The lowest BCUT2D eigenvalue weighted by Gasteiger charge is -2.37. The molecule has 0 amide bonds. The first-order valence-electron chi connectivity index (χ1n) is 15.7. The largest absolute Gasteiger partial charge is 0.458 e. The highest BCUT2D eigenvalue weighted by Gasteiger charge is 2.53. The van der Waals surface area contributed by atoms with E-state index in [4.69, 9.17) is 9.15 Å². The van der Waals surface area contributed by atoms with Crippen LogP contribution in [-0.2, 0) is 0 Å². The Morgan fingerprint density at radius 2 is 0.978 bits per heavy atom. The zero-order chi connectivity index (χ0) is 30.2. The van der Waals surface area contributed by atoms with Gasteiger partial charge in [-0.3, -0.25) is 0 Å². The number of hydrogen-bond donors (Lipinski definition) is 0.